The number of hydrogen-bond acceptors (Lipinski definition) is 5. The molecule has 1 aliphatic rings. The van der Waals surface area contributed by atoms with Gasteiger partial charge in [0.25, 0.3) is 5.91 Å². The molecule has 2 heterocycles. The van der Waals surface area contributed by atoms with E-state index in [1.165, 1.54) is 6.20 Å². The number of amides is 1. The van der Waals surface area contributed by atoms with Gasteiger partial charge in [-0.2, -0.15) is 0 Å². The standard InChI is InChI=1S/C18H21N3O3S/c1-12-5-13(2)7-16(6-12)20-17-8-14(9-19-10-17)18(22)21-15-3-4-25(23,24)11-15/h5-10,15,20H,3-4,11H2,1-2H3,(H,21,22). The fourth-order valence-electron chi connectivity index (χ4n) is 3.02. The van der Waals surface area contributed by atoms with Crippen LogP contribution in [0.25, 0.3) is 0 Å². The zero-order chi connectivity index (χ0) is 18.0. The molecule has 2 N–H and O–H groups in total. The van der Waals surface area contributed by atoms with E-state index in [0.717, 1.165) is 16.8 Å². The molecule has 0 aliphatic carbocycles. The van der Waals surface area contributed by atoms with Gasteiger partial charge in [-0.3, -0.25) is 9.78 Å². The molecule has 1 fully saturated rings. The highest BCUT2D eigenvalue weighted by molar-refractivity contribution is 7.91. The van der Waals surface area contributed by atoms with Gasteiger partial charge in [0.15, 0.2) is 9.84 Å². The maximum atomic E-state index is 12.4. The lowest BCUT2D eigenvalue weighted by Crippen LogP contribution is -2.35. The summed E-state index contributed by atoms with van der Waals surface area (Å²) < 4.78 is 23.0. The zero-order valence-electron chi connectivity index (χ0n) is 14.2. The van der Waals surface area contributed by atoms with Crippen molar-refractivity contribution in [3.8, 4) is 0 Å². The number of pyridine rings is 1. The summed E-state index contributed by atoms with van der Waals surface area (Å²) in [5, 5.41) is 6.02. The number of hydrogen-bond donors (Lipinski definition) is 2. The number of anilines is 2. The van der Waals surface area contributed by atoms with Gasteiger partial charge >= 0.3 is 0 Å². The van der Waals surface area contributed by atoms with Gasteiger partial charge in [0.05, 0.1) is 29.0 Å². The van der Waals surface area contributed by atoms with Crippen molar-refractivity contribution in [1.29, 1.82) is 0 Å². The van der Waals surface area contributed by atoms with Crippen LogP contribution in [0.4, 0.5) is 11.4 Å². The Morgan fingerprint density at radius 3 is 2.44 bits per heavy atom. The van der Waals surface area contributed by atoms with E-state index >= 15 is 0 Å². The second-order valence-corrected chi connectivity index (χ2v) is 8.77. The van der Waals surface area contributed by atoms with Gasteiger partial charge in [-0.1, -0.05) is 6.07 Å². The van der Waals surface area contributed by atoms with Crippen molar-refractivity contribution in [2.75, 3.05) is 16.8 Å². The molecular formula is C18H21N3O3S. The molecule has 1 aromatic carbocycles. The van der Waals surface area contributed by atoms with Crippen LogP contribution < -0.4 is 10.6 Å². The molecule has 1 unspecified atom stereocenters. The summed E-state index contributed by atoms with van der Waals surface area (Å²) in [7, 11) is -3.02. The second kappa shape index (κ2) is 6.84. The lowest BCUT2D eigenvalue weighted by molar-refractivity contribution is 0.0941. The van der Waals surface area contributed by atoms with Gasteiger partial charge in [0.1, 0.15) is 0 Å². The molecule has 1 aliphatic heterocycles. The molecule has 0 radical (unpaired) electrons. The van der Waals surface area contributed by atoms with E-state index in [1.807, 2.05) is 26.0 Å². The Bertz CT molecular complexity index is 889. The van der Waals surface area contributed by atoms with Crippen LogP contribution in [0.3, 0.4) is 0 Å². The maximum Gasteiger partial charge on any atom is 0.253 e. The Labute approximate surface area is 147 Å². The fourth-order valence-corrected chi connectivity index (χ4v) is 4.70. The highest BCUT2D eigenvalue weighted by atomic mass is 32.2. The molecule has 1 saturated heterocycles. The Kier molecular flexibility index (Phi) is 4.76. The fraction of sp³-hybridized carbons (Fsp3) is 0.333. The number of benzene rings is 1. The van der Waals surface area contributed by atoms with Crippen molar-refractivity contribution in [2.24, 2.45) is 0 Å². The molecule has 0 bridgehead atoms. The number of aryl methyl sites for hydroxylation is 2. The molecule has 1 atom stereocenters. The predicted octanol–water partition coefficient (Wildman–Crippen LogP) is 2.36. The van der Waals surface area contributed by atoms with Crippen LogP contribution in [0.2, 0.25) is 0 Å². The first-order chi connectivity index (χ1) is 11.8. The van der Waals surface area contributed by atoms with E-state index in [-0.39, 0.29) is 23.5 Å². The molecule has 132 valence electrons. The number of carbonyl (C=O) groups is 1. The van der Waals surface area contributed by atoms with E-state index < -0.39 is 9.84 Å². The van der Waals surface area contributed by atoms with Gasteiger partial charge in [0.2, 0.25) is 0 Å². The lowest BCUT2D eigenvalue weighted by Gasteiger charge is -2.12. The van der Waals surface area contributed by atoms with E-state index in [4.69, 9.17) is 0 Å². The molecule has 3 rings (SSSR count). The molecule has 0 saturated carbocycles. The number of sulfone groups is 1. The molecule has 7 heteroatoms. The first-order valence-electron chi connectivity index (χ1n) is 8.12. The van der Waals surface area contributed by atoms with Crippen LogP contribution in [-0.2, 0) is 9.84 Å². The van der Waals surface area contributed by atoms with Crippen molar-refractivity contribution in [1.82, 2.24) is 10.3 Å². The third-order valence-corrected chi connectivity index (χ3v) is 5.85. The summed E-state index contributed by atoms with van der Waals surface area (Å²) >= 11 is 0. The second-order valence-electron chi connectivity index (χ2n) is 6.54. The van der Waals surface area contributed by atoms with Gasteiger partial charge in [-0.25, -0.2) is 8.42 Å². The molecule has 2 aromatic rings. The highest BCUT2D eigenvalue weighted by Gasteiger charge is 2.29. The number of nitrogens with zero attached hydrogens (tertiary/aromatic N) is 1. The summed E-state index contributed by atoms with van der Waals surface area (Å²) in [5.74, 6) is -0.171. The van der Waals surface area contributed by atoms with E-state index in [2.05, 4.69) is 21.7 Å². The Hall–Kier alpha value is -2.41. The normalized spacial score (nSPS) is 18.7. The molecular weight excluding hydrogens is 338 g/mol. The summed E-state index contributed by atoms with van der Waals surface area (Å²) in [6.07, 6.45) is 3.59. The van der Waals surface area contributed by atoms with Crippen molar-refractivity contribution >= 4 is 27.1 Å². The van der Waals surface area contributed by atoms with Crippen LogP contribution in [-0.4, -0.2) is 36.9 Å². The summed E-state index contributed by atoms with van der Waals surface area (Å²) in [6, 6.07) is 7.51. The van der Waals surface area contributed by atoms with Crippen molar-refractivity contribution in [3.05, 3.63) is 53.3 Å². The van der Waals surface area contributed by atoms with Crippen LogP contribution in [0, 0.1) is 13.8 Å². The Balaban J connectivity index is 1.71. The van der Waals surface area contributed by atoms with Crippen LogP contribution in [0.1, 0.15) is 27.9 Å². The number of aromatic nitrogens is 1. The number of rotatable bonds is 4. The highest BCUT2D eigenvalue weighted by Crippen LogP contribution is 2.20. The summed E-state index contributed by atoms with van der Waals surface area (Å²) in [5.41, 5.74) is 4.33. The van der Waals surface area contributed by atoms with E-state index in [0.29, 0.717) is 17.7 Å². The SMILES string of the molecule is Cc1cc(C)cc(Nc2cncc(C(=O)NC3CCS(=O)(=O)C3)c2)c1. The zero-order valence-corrected chi connectivity index (χ0v) is 15.1. The third-order valence-electron chi connectivity index (χ3n) is 4.08. The minimum atomic E-state index is -3.02. The number of carbonyl (C=O) groups excluding carboxylic acids is 1. The molecule has 6 nitrogen and oxygen atoms in total. The minimum Gasteiger partial charge on any atom is -0.354 e. The lowest BCUT2D eigenvalue weighted by atomic mass is 10.1. The van der Waals surface area contributed by atoms with E-state index in [9.17, 15) is 13.2 Å². The van der Waals surface area contributed by atoms with Gasteiger partial charge in [-0.15, -0.1) is 0 Å². The third kappa shape index (κ3) is 4.57. The predicted molar refractivity (Wildman–Crippen MR) is 98.0 cm³/mol. The molecule has 25 heavy (non-hydrogen) atoms. The summed E-state index contributed by atoms with van der Waals surface area (Å²) in [4.78, 5) is 16.5. The van der Waals surface area contributed by atoms with E-state index in [1.54, 1.807) is 12.3 Å². The number of nitrogens with one attached hydrogen (secondary N) is 2. The van der Waals surface area contributed by atoms with Gasteiger partial charge in [-0.05, 0) is 49.6 Å². The van der Waals surface area contributed by atoms with Crippen LogP contribution in [0.5, 0.6) is 0 Å². The van der Waals surface area contributed by atoms with Crippen molar-refractivity contribution in [3.63, 3.8) is 0 Å². The molecule has 1 amide bonds. The quantitative estimate of drug-likeness (QED) is 0.875. The largest absolute Gasteiger partial charge is 0.354 e. The average molecular weight is 359 g/mol. The van der Waals surface area contributed by atoms with Crippen molar-refractivity contribution < 1.29 is 13.2 Å². The average Bonchev–Trinajstić information content (AvgIpc) is 2.85. The topological polar surface area (TPSA) is 88.2 Å². The first-order valence-corrected chi connectivity index (χ1v) is 9.94. The summed E-state index contributed by atoms with van der Waals surface area (Å²) in [6.45, 7) is 4.05. The first kappa shape index (κ1) is 17.4. The maximum absolute atomic E-state index is 12.4. The molecule has 1 aromatic heterocycles. The van der Waals surface area contributed by atoms with Crippen molar-refractivity contribution in [2.45, 2.75) is 26.3 Å². The van der Waals surface area contributed by atoms with Gasteiger partial charge < -0.3 is 10.6 Å². The Morgan fingerprint density at radius 1 is 1.08 bits per heavy atom. The Morgan fingerprint density at radius 2 is 1.80 bits per heavy atom. The minimum absolute atomic E-state index is 0.00663. The van der Waals surface area contributed by atoms with Gasteiger partial charge in [0, 0.05) is 17.9 Å². The molecule has 0 spiro atoms. The van der Waals surface area contributed by atoms with Crippen LogP contribution >= 0.6 is 0 Å². The smallest absolute Gasteiger partial charge is 0.253 e. The van der Waals surface area contributed by atoms with Crippen LogP contribution in [0.15, 0.2) is 36.7 Å². The monoisotopic (exact) mass is 359 g/mol.